The molecule has 0 spiro atoms. The molecule has 126 valence electrons. The van der Waals surface area contributed by atoms with Crippen molar-refractivity contribution in [3.8, 4) is 11.3 Å². The van der Waals surface area contributed by atoms with Crippen molar-refractivity contribution >= 4 is 11.9 Å². The van der Waals surface area contributed by atoms with Gasteiger partial charge in [0.05, 0.1) is 6.10 Å². The molecule has 0 saturated heterocycles. The third-order valence-corrected chi connectivity index (χ3v) is 4.24. The molecule has 1 aliphatic rings. The molecule has 8 nitrogen and oxygen atoms in total. The first-order chi connectivity index (χ1) is 11.5. The number of carbonyl (C=O) groups excluding carboxylic acids is 1. The first-order valence-electron chi connectivity index (χ1n) is 7.77. The number of benzene rings is 1. The van der Waals surface area contributed by atoms with Crippen molar-refractivity contribution in [2.24, 2.45) is 5.92 Å². The average Bonchev–Trinajstić information content (AvgIpc) is 3.22. The lowest BCUT2D eigenvalue weighted by molar-refractivity contribution is -0.393. The van der Waals surface area contributed by atoms with E-state index in [1.807, 2.05) is 24.3 Å². The Hall–Kier alpha value is -2.74. The highest BCUT2D eigenvalue weighted by Crippen LogP contribution is 2.25. The lowest BCUT2D eigenvalue weighted by Gasteiger charge is -2.10. The molecule has 0 unspecified atom stereocenters. The summed E-state index contributed by atoms with van der Waals surface area (Å²) >= 11 is 0. The summed E-state index contributed by atoms with van der Waals surface area (Å²) in [4.78, 5) is 28.4. The zero-order chi connectivity index (χ0) is 17.1. The van der Waals surface area contributed by atoms with Gasteiger partial charge in [-0.3, -0.25) is 4.79 Å². The number of aliphatic hydroxyl groups excluding tert-OH is 1. The van der Waals surface area contributed by atoms with Gasteiger partial charge in [-0.05, 0) is 29.7 Å². The van der Waals surface area contributed by atoms with Crippen LogP contribution in [0.3, 0.4) is 0 Å². The van der Waals surface area contributed by atoms with Crippen molar-refractivity contribution in [1.82, 2.24) is 15.3 Å². The number of imidazole rings is 1. The van der Waals surface area contributed by atoms with Gasteiger partial charge in [0.2, 0.25) is 5.91 Å². The highest BCUT2D eigenvalue weighted by Gasteiger charge is 2.28. The summed E-state index contributed by atoms with van der Waals surface area (Å²) in [6.45, 7) is 0.412. The molecule has 1 aromatic carbocycles. The molecule has 1 aliphatic carbocycles. The number of nitrogens with one attached hydrogen (secondary N) is 2. The smallest absolute Gasteiger partial charge is 0.393 e. The highest BCUT2D eigenvalue weighted by atomic mass is 16.6. The van der Waals surface area contributed by atoms with Gasteiger partial charge < -0.3 is 20.5 Å². The first-order valence-corrected chi connectivity index (χ1v) is 7.77. The lowest BCUT2D eigenvalue weighted by atomic mass is 10.1. The molecule has 0 radical (unpaired) electrons. The van der Waals surface area contributed by atoms with Gasteiger partial charge in [0.25, 0.3) is 0 Å². The van der Waals surface area contributed by atoms with Crippen LogP contribution in [-0.2, 0) is 11.3 Å². The van der Waals surface area contributed by atoms with E-state index in [1.54, 1.807) is 0 Å². The summed E-state index contributed by atoms with van der Waals surface area (Å²) in [5, 5.41) is 23.0. The molecule has 3 rings (SSSR count). The first kappa shape index (κ1) is 16.1. The minimum Gasteiger partial charge on any atom is -0.393 e. The Kier molecular flexibility index (Phi) is 4.57. The maximum absolute atomic E-state index is 12.0. The Labute approximate surface area is 138 Å². The van der Waals surface area contributed by atoms with Crippen LogP contribution in [0.4, 0.5) is 5.95 Å². The largest absolute Gasteiger partial charge is 0.432 e. The summed E-state index contributed by atoms with van der Waals surface area (Å²) in [7, 11) is 0. The van der Waals surface area contributed by atoms with Crippen LogP contribution in [0.25, 0.3) is 11.3 Å². The van der Waals surface area contributed by atoms with Crippen LogP contribution in [-0.4, -0.2) is 32.0 Å². The van der Waals surface area contributed by atoms with Crippen LogP contribution >= 0.6 is 0 Å². The predicted octanol–water partition coefficient (Wildman–Crippen LogP) is 1.76. The van der Waals surface area contributed by atoms with Crippen molar-refractivity contribution < 1.29 is 14.8 Å². The fraction of sp³-hybridized carbons (Fsp3) is 0.375. The van der Waals surface area contributed by atoms with Gasteiger partial charge in [0.15, 0.2) is 0 Å². The quantitative estimate of drug-likeness (QED) is 0.570. The molecule has 8 heteroatoms. The number of hydrogen-bond acceptors (Lipinski definition) is 5. The maximum Gasteiger partial charge on any atom is 0.432 e. The van der Waals surface area contributed by atoms with Crippen LogP contribution in [0.5, 0.6) is 0 Å². The van der Waals surface area contributed by atoms with Crippen LogP contribution in [0, 0.1) is 16.0 Å². The predicted molar refractivity (Wildman–Crippen MR) is 85.9 cm³/mol. The molecular formula is C16H18N4O4. The van der Waals surface area contributed by atoms with Gasteiger partial charge in [-0.1, -0.05) is 29.2 Å². The molecule has 24 heavy (non-hydrogen) atoms. The summed E-state index contributed by atoms with van der Waals surface area (Å²) in [6.07, 6.45) is 3.00. The Morgan fingerprint density at radius 2 is 2.12 bits per heavy atom. The molecule has 2 atom stereocenters. The summed E-state index contributed by atoms with van der Waals surface area (Å²) in [6, 6.07) is 7.34. The number of rotatable bonds is 5. The zero-order valence-electron chi connectivity index (χ0n) is 12.9. The number of carbonyl (C=O) groups is 1. The number of nitro groups is 1. The lowest BCUT2D eigenvalue weighted by Crippen LogP contribution is -2.29. The molecule has 1 aromatic heterocycles. The van der Waals surface area contributed by atoms with E-state index in [0.717, 1.165) is 17.5 Å². The Bertz CT molecular complexity index is 741. The highest BCUT2D eigenvalue weighted by molar-refractivity contribution is 5.79. The van der Waals surface area contributed by atoms with Crippen LogP contribution in [0.15, 0.2) is 30.5 Å². The molecule has 1 heterocycles. The van der Waals surface area contributed by atoms with Crippen molar-refractivity contribution in [1.29, 1.82) is 0 Å². The molecule has 2 aromatic rings. The fourth-order valence-corrected chi connectivity index (χ4v) is 2.88. The monoisotopic (exact) mass is 330 g/mol. The molecule has 0 aliphatic heterocycles. The second-order valence-electron chi connectivity index (χ2n) is 5.96. The van der Waals surface area contributed by atoms with Gasteiger partial charge >= 0.3 is 5.95 Å². The number of hydrogen-bond donors (Lipinski definition) is 3. The van der Waals surface area contributed by atoms with E-state index in [0.29, 0.717) is 25.1 Å². The SMILES string of the molecule is O=C(NCc1ccc(-c2cnc([N+](=O)[O-])[nH]2)cc1)[C@H]1CC[C@@H](O)C1. The van der Waals surface area contributed by atoms with Crippen LogP contribution < -0.4 is 5.32 Å². The maximum atomic E-state index is 12.0. The Morgan fingerprint density at radius 1 is 1.38 bits per heavy atom. The van der Waals surface area contributed by atoms with E-state index in [1.165, 1.54) is 6.20 Å². The van der Waals surface area contributed by atoms with Gasteiger partial charge in [-0.2, -0.15) is 0 Å². The fourth-order valence-electron chi connectivity index (χ4n) is 2.88. The van der Waals surface area contributed by atoms with Gasteiger partial charge in [-0.25, -0.2) is 4.98 Å². The van der Waals surface area contributed by atoms with E-state index in [2.05, 4.69) is 15.3 Å². The third-order valence-electron chi connectivity index (χ3n) is 4.24. The Morgan fingerprint density at radius 3 is 2.71 bits per heavy atom. The minimum absolute atomic E-state index is 0.0279. The van der Waals surface area contributed by atoms with Gasteiger partial charge in [0, 0.05) is 18.0 Å². The number of aromatic amines is 1. The Balaban J connectivity index is 1.58. The molecular weight excluding hydrogens is 312 g/mol. The molecule has 0 bridgehead atoms. The third kappa shape index (κ3) is 3.60. The van der Waals surface area contributed by atoms with Crippen molar-refractivity contribution in [2.75, 3.05) is 0 Å². The van der Waals surface area contributed by atoms with Crippen molar-refractivity contribution in [3.63, 3.8) is 0 Å². The number of H-pyrrole nitrogens is 1. The van der Waals surface area contributed by atoms with Gasteiger partial charge in [-0.15, -0.1) is 0 Å². The van der Waals surface area contributed by atoms with E-state index in [4.69, 9.17) is 0 Å². The number of aliphatic hydroxyl groups is 1. The van der Waals surface area contributed by atoms with E-state index in [9.17, 15) is 20.0 Å². The van der Waals surface area contributed by atoms with Crippen LogP contribution in [0.2, 0.25) is 0 Å². The van der Waals surface area contributed by atoms with Crippen molar-refractivity contribution in [2.45, 2.75) is 31.9 Å². The topological polar surface area (TPSA) is 121 Å². The second kappa shape index (κ2) is 6.79. The number of aromatic nitrogens is 2. The molecule has 1 amide bonds. The standard InChI is InChI=1S/C16H18N4O4/c21-13-6-5-12(7-13)15(22)17-8-10-1-3-11(4-2-10)14-9-18-16(19-14)20(23)24/h1-4,9,12-13,21H,5-8H2,(H,17,22)(H,18,19)/t12-,13+/m0/s1. The van der Waals surface area contributed by atoms with Gasteiger partial charge in [0.1, 0.15) is 11.9 Å². The number of nitrogens with zero attached hydrogens (tertiary/aromatic N) is 2. The normalized spacial score (nSPS) is 20.0. The van der Waals surface area contributed by atoms with E-state index in [-0.39, 0.29) is 23.9 Å². The second-order valence-corrected chi connectivity index (χ2v) is 5.96. The van der Waals surface area contributed by atoms with Crippen molar-refractivity contribution in [3.05, 3.63) is 46.1 Å². The summed E-state index contributed by atoms with van der Waals surface area (Å²) in [5.41, 5.74) is 2.28. The van der Waals surface area contributed by atoms with E-state index < -0.39 is 4.92 Å². The van der Waals surface area contributed by atoms with Crippen LogP contribution in [0.1, 0.15) is 24.8 Å². The number of amides is 1. The van der Waals surface area contributed by atoms with E-state index >= 15 is 0 Å². The molecule has 1 fully saturated rings. The average molecular weight is 330 g/mol. The molecule has 1 saturated carbocycles. The minimum atomic E-state index is -0.576. The molecule has 3 N–H and O–H groups in total. The summed E-state index contributed by atoms with van der Waals surface area (Å²) in [5.74, 6) is -0.426. The zero-order valence-corrected chi connectivity index (χ0v) is 12.9. The summed E-state index contributed by atoms with van der Waals surface area (Å²) < 4.78 is 0.